The van der Waals surface area contributed by atoms with Gasteiger partial charge in [-0.1, -0.05) is 0 Å². The molecule has 3 N–H and O–H groups in total. The van der Waals surface area contributed by atoms with Crippen molar-refractivity contribution in [3.63, 3.8) is 0 Å². The van der Waals surface area contributed by atoms with E-state index < -0.39 is 0 Å². The minimum atomic E-state index is 0.577. The van der Waals surface area contributed by atoms with Crippen LogP contribution >= 0.6 is 0 Å². The highest BCUT2D eigenvalue weighted by atomic mass is 15.3. The molecule has 2 saturated heterocycles. The number of piperazine rings is 2. The van der Waals surface area contributed by atoms with Gasteiger partial charge >= 0.3 is 0 Å². The molecular weight excluding hydrogens is 340 g/mol. The maximum Gasteiger partial charge on any atom is 0.144 e. The van der Waals surface area contributed by atoms with E-state index in [1.54, 1.807) is 18.6 Å². The van der Waals surface area contributed by atoms with Gasteiger partial charge in [-0.15, -0.1) is 0 Å². The van der Waals surface area contributed by atoms with Gasteiger partial charge < -0.3 is 20.9 Å². The van der Waals surface area contributed by atoms with Crippen molar-refractivity contribution < 1.29 is 0 Å². The van der Waals surface area contributed by atoms with Gasteiger partial charge in [-0.2, -0.15) is 10.2 Å². The molecule has 8 heteroatoms. The molecular formula is C19H34N8. The lowest BCUT2D eigenvalue weighted by atomic mass is 10.2. The lowest BCUT2D eigenvalue weighted by Gasteiger charge is -2.37. The van der Waals surface area contributed by atoms with Crippen LogP contribution in [0.2, 0.25) is 0 Å². The van der Waals surface area contributed by atoms with Gasteiger partial charge in [-0.25, -0.2) is 4.99 Å². The molecule has 0 spiro atoms. The first-order valence-corrected chi connectivity index (χ1v) is 9.74. The third-order valence-electron chi connectivity index (χ3n) is 4.72. The summed E-state index contributed by atoms with van der Waals surface area (Å²) in [6.45, 7) is 14.4. The van der Waals surface area contributed by atoms with Crippen LogP contribution in [0.4, 0.5) is 0 Å². The highest BCUT2D eigenvalue weighted by molar-refractivity contribution is 6.29. The monoisotopic (exact) mass is 374 g/mol. The van der Waals surface area contributed by atoms with Crippen molar-refractivity contribution in [3.05, 3.63) is 24.3 Å². The molecule has 0 saturated carbocycles. The first-order chi connectivity index (χ1) is 13.1. The summed E-state index contributed by atoms with van der Waals surface area (Å²) in [6.07, 6.45) is 8.88. The number of hydrogen-bond donors (Lipinski definition) is 2. The van der Waals surface area contributed by atoms with Crippen LogP contribution in [-0.4, -0.2) is 91.2 Å². The zero-order valence-corrected chi connectivity index (χ0v) is 16.9. The van der Waals surface area contributed by atoms with Gasteiger partial charge in [-0.05, 0) is 26.8 Å². The second kappa shape index (κ2) is 11.5. The van der Waals surface area contributed by atoms with Gasteiger partial charge in [0.15, 0.2) is 0 Å². The summed E-state index contributed by atoms with van der Waals surface area (Å²) in [7, 11) is 0. The quantitative estimate of drug-likeness (QED) is 0.506. The van der Waals surface area contributed by atoms with Crippen molar-refractivity contribution in [2.75, 3.05) is 52.4 Å². The van der Waals surface area contributed by atoms with Crippen LogP contribution < -0.4 is 11.1 Å². The van der Waals surface area contributed by atoms with Gasteiger partial charge in [0.05, 0.1) is 18.1 Å². The van der Waals surface area contributed by atoms with E-state index in [1.165, 1.54) is 0 Å². The van der Waals surface area contributed by atoms with Gasteiger partial charge in [-0.3, -0.25) is 4.90 Å². The third kappa shape index (κ3) is 7.52. The molecule has 0 aromatic rings. The molecule has 8 nitrogen and oxygen atoms in total. The van der Waals surface area contributed by atoms with Crippen molar-refractivity contribution in [2.24, 2.45) is 20.9 Å². The summed E-state index contributed by atoms with van der Waals surface area (Å²) in [5.74, 6) is 0.796. The fourth-order valence-corrected chi connectivity index (χ4v) is 3.08. The van der Waals surface area contributed by atoms with Crippen LogP contribution in [0.3, 0.4) is 0 Å². The largest absolute Gasteiger partial charge is 0.402 e. The number of nitrogens with zero attached hydrogens (tertiary/aromatic N) is 6. The maximum absolute atomic E-state index is 5.79. The minimum absolute atomic E-state index is 0.577. The Kier molecular flexibility index (Phi) is 9.00. The molecule has 150 valence electrons. The van der Waals surface area contributed by atoms with E-state index in [9.17, 15) is 0 Å². The highest BCUT2D eigenvalue weighted by Crippen LogP contribution is 2.12. The molecule has 0 atom stereocenters. The van der Waals surface area contributed by atoms with Crippen molar-refractivity contribution in [1.29, 1.82) is 0 Å². The van der Waals surface area contributed by atoms with Crippen molar-refractivity contribution in [3.8, 4) is 0 Å². The predicted octanol–water partition coefficient (Wildman–Crippen LogP) is 0.706. The number of nitrogens with two attached hydrogens (primary N) is 1. The number of rotatable bonds is 7. The van der Waals surface area contributed by atoms with Gasteiger partial charge in [0, 0.05) is 70.8 Å². The molecule has 0 aliphatic carbocycles. The lowest BCUT2D eigenvalue weighted by Crippen LogP contribution is -2.48. The third-order valence-corrected chi connectivity index (χ3v) is 4.72. The summed E-state index contributed by atoms with van der Waals surface area (Å²) in [4.78, 5) is 11.5. The predicted molar refractivity (Wildman–Crippen MR) is 114 cm³/mol. The van der Waals surface area contributed by atoms with E-state index in [4.69, 9.17) is 5.73 Å². The smallest absolute Gasteiger partial charge is 0.144 e. The molecule has 0 unspecified atom stereocenters. The summed E-state index contributed by atoms with van der Waals surface area (Å²) in [5, 5.41) is 11.4. The van der Waals surface area contributed by atoms with E-state index in [1.807, 2.05) is 19.2 Å². The molecule has 2 rings (SSSR count). The molecule has 2 aliphatic rings. The van der Waals surface area contributed by atoms with E-state index in [0.717, 1.165) is 63.9 Å². The zero-order chi connectivity index (χ0) is 19.5. The van der Waals surface area contributed by atoms with Gasteiger partial charge in [0.2, 0.25) is 0 Å². The molecule has 27 heavy (non-hydrogen) atoms. The fourth-order valence-electron chi connectivity index (χ4n) is 3.08. The van der Waals surface area contributed by atoms with Crippen LogP contribution in [0, 0.1) is 0 Å². The SMILES string of the molecule is CC(C=N/N=C\C=C\N1CCNCC1)=NC(=CN)N1CCN(C(C)C)CC1. The average molecular weight is 375 g/mol. The normalized spacial score (nSPS) is 21.5. The Morgan fingerprint density at radius 2 is 1.74 bits per heavy atom. The Morgan fingerprint density at radius 1 is 1.04 bits per heavy atom. The highest BCUT2D eigenvalue weighted by Gasteiger charge is 2.20. The average Bonchev–Trinajstić information content (AvgIpc) is 2.69. The van der Waals surface area contributed by atoms with Crippen LogP contribution in [0.5, 0.6) is 0 Å². The summed E-state index contributed by atoms with van der Waals surface area (Å²) in [5.41, 5.74) is 6.57. The Labute approximate surface area is 163 Å². The molecule has 2 aliphatic heterocycles. The lowest BCUT2D eigenvalue weighted by molar-refractivity contribution is 0.129. The van der Waals surface area contributed by atoms with Gasteiger partial charge in [0.25, 0.3) is 0 Å². The zero-order valence-electron chi connectivity index (χ0n) is 16.9. The molecule has 0 aromatic heterocycles. The molecule has 0 aromatic carbocycles. The summed E-state index contributed by atoms with van der Waals surface area (Å²) in [6, 6.07) is 0.577. The van der Waals surface area contributed by atoms with E-state index in [0.29, 0.717) is 6.04 Å². The van der Waals surface area contributed by atoms with Crippen LogP contribution in [0.25, 0.3) is 0 Å². The van der Waals surface area contributed by atoms with E-state index >= 15 is 0 Å². The number of aliphatic imine (C=N–C) groups is 1. The number of hydrogen-bond acceptors (Lipinski definition) is 8. The van der Waals surface area contributed by atoms with Crippen LogP contribution in [0.15, 0.2) is 39.5 Å². The fraction of sp³-hybridized carbons (Fsp3) is 0.632. The molecule has 0 bridgehead atoms. The summed E-state index contributed by atoms with van der Waals surface area (Å²) < 4.78 is 0. The summed E-state index contributed by atoms with van der Waals surface area (Å²) >= 11 is 0. The van der Waals surface area contributed by atoms with E-state index in [2.05, 4.69) is 49.1 Å². The van der Waals surface area contributed by atoms with Crippen molar-refractivity contribution >= 4 is 18.1 Å². The Hall–Kier alpha value is -2.19. The molecule has 0 amide bonds. The number of nitrogens with one attached hydrogen (secondary N) is 1. The molecule has 2 fully saturated rings. The minimum Gasteiger partial charge on any atom is -0.402 e. The Bertz CT molecular complexity index is 577. The standard InChI is InChI=1S/C19H34N8/c1-17(2)26-11-13-27(14-12-26)19(15-20)24-18(3)16-23-22-5-4-8-25-9-6-21-7-10-25/h4-5,8,15-17,21H,6-7,9-14,20H2,1-3H3/b8-4+,19-15?,22-5-,23-16?,24-18?. The first kappa shape index (κ1) is 21.1. The van der Waals surface area contributed by atoms with Crippen LogP contribution in [0.1, 0.15) is 20.8 Å². The number of allylic oxidation sites excluding steroid dienone is 1. The van der Waals surface area contributed by atoms with Gasteiger partial charge in [0.1, 0.15) is 5.82 Å². The Balaban J connectivity index is 1.79. The van der Waals surface area contributed by atoms with Crippen molar-refractivity contribution in [1.82, 2.24) is 20.0 Å². The molecule has 2 heterocycles. The molecule has 0 radical (unpaired) electrons. The van der Waals surface area contributed by atoms with Crippen LogP contribution in [-0.2, 0) is 0 Å². The topological polar surface area (TPSA) is 84.8 Å². The second-order valence-corrected chi connectivity index (χ2v) is 7.03. The Morgan fingerprint density at radius 3 is 2.37 bits per heavy atom. The maximum atomic E-state index is 5.79. The van der Waals surface area contributed by atoms with E-state index in [-0.39, 0.29) is 0 Å². The first-order valence-electron chi connectivity index (χ1n) is 9.74. The van der Waals surface area contributed by atoms with Crippen molar-refractivity contribution in [2.45, 2.75) is 26.8 Å². The second-order valence-electron chi connectivity index (χ2n) is 7.03.